The first kappa shape index (κ1) is 44.6. The zero-order valence-corrected chi connectivity index (χ0v) is 37.7. The van der Waals surface area contributed by atoms with Crippen LogP contribution in [0, 0.1) is 0 Å². The lowest BCUT2D eigenvalue weighted by Crippen LogP contribution is -2.52. The third-order valence-electron chi connectivity index (χ3n) is 13.2. The first-order valence-electron chi connectivity index (χ1n) is 22.5. The molecule has 5 heterocycles. The molecule has 1 saturated carbocycles. The van der Waals surface area contributed by atoms with Crippen LogP contribution in [0.3, 0.4) is 0 Å². The second-order valence-electron chi connectivity index (χ2n) is 17.4. The molecule has 0 bridgehead atoms. The average molecular weight is 915 g/mol. The standard InChI is InChI=1S/C48H54N10O7S/c1-56-25-35(33-23-39(45(61)50-18-17-49)53-43(33)48(56)64)32-22-38(55-66-2)34(24-41(32)65-30-7-4-3-5-8-30)44(60)52-28-11-12-29(21-28)57-19-15-27(16-20-57)51-37-10-6-9-31-36(37)26-58(47(31)63)40-13-14-42(59)54-46(40)62/h3-10,22-25,27-29,40,51,53,55H,11-21,26,49H2,1-2H3,(H,50,61)(H,52,60)(H,54,59,62). The molecule has 5 amide bonds. The number of hydrogen-bond acceptors (Lipinski definition) is 12. The Bertz CT molecular complexity index is 2770. The van der Waals surface area contributed by atoms with Crippen LogP contribution in [0.2, 0.25) is 0 Å². The van der Waals surface area contributed by atoms with Crippen LogP contribution in [0.5, 0.6) is 11.5 Å². The van der Waals surface area contributed by atoms with Gasteiger partial charge in [0.2, 0.25) is 11.8 Å². The molecule has 18 heteroatoms. The normalized spacial score (nSPS) is 20.0. The van der Waals surface area contributed by atoms with Crippen LogP contribution in [-0.4, -0.2) is 105 Å². The van der Waals surface area contributed by atoms with Crippen molar-refractivity contribution in [2.45, 2.75) is 75.7 Å². The first-order chi connectivity index (χ1) is 32.0. The second kappa shape index (κ2) is 19.1. The maximum atomic E-state index is 14.4. The summed E-state index contributed by atoms with van der Waals surface area (Å²) in [7, 11) is 1.65. The average Bonchev–Trinajstić information content (AvgIpc) is 4.06. The van der Waals surface area contributed by atoms with E-state index in [1.165, 1.54) is 16.5 Å². The van der Waals surface area contributed by atoms with Gasteiger partial charge in [0.15, 0.2) is 0 Å². The molecule has 3 fully saturated rings. The number of ether oxygens (including phenoxy) is 1. The molecule has 344 valence electrons. The van der Waals surface area contributed by atoms with Crippen molar-refractivity contribution in [3.05, 3.63) is 106 Å². The number of carbonyl (C=O) groups excluding carboxylic acids is 5. The zero-order valence-electron chi connectivity index (χ0n) is 36.9. The fourth-order valence-corrected chi connectivity index (χ4v) is 10.2. The summed E-state index contributed by atoms with van der Waals surface area (Å²) >= 11 is 1.35. The number of H-pyrrole nitrogens is 1. The number of rotatable bonds is 14. The molecule has 0 spiro atoms. The number of para-hydroxylation sites is 1. The van der Waals surface area contributed by atoms with Crippen LogP contribution >= 0.6 is 11.9 Å². The molecule has 17 nitrogen and oxygen atoms in total. The molecule has 1 aliphatic carbocycles. The van der Waals surface area contributed by atoms with E-state index in [0.717, 1.165) is 56.4 Å². The Hall–Kier alpha value is -6.63. The fourth-order valence-electron chi connectivity index (χ4n) is 9.86. The van der Waals surface area contributed by atoms with Crippen LogP contribution < -0.4 is 42.0 Å². The van der Waals surface area contributed by atoms with Crippen LogP contribution in [-0.2, 0) is 23.2 Å². The number of likely N-dealkylation sites (tertiary alicyclic amines) is 1. The first-order valence-corrected chi connectivity index (χ1v) is 23.7. The van der Waals surface area contributed by atoms with Crippen molar-refractivity contribution in [2.24, 2.45) is 12.8 Å². The van der Waals surface area contributed by atoms with Gasteiger partial charge in [-0.2, -0.15) is 0 Å². The number of benzene rings is 3. The lowest BCUT2D eigenvalue weighted by Gasteiger charge is -2.37. The maximum absolute atomic E-state index is 14.4. The van der Waals surface area contributed by atoms with Gasteiger partial charge in [0.25, 0.3) is 23.3 Å². The van der Waals surface area contributed by atoms with Crippen molar-refractivity contribution >= 4 is 63.8 Å². The number of nitrogens with two attached hydrogens (primary N) is 1. The summed E-state index contributed by atoms with van der Waals surface area (Å²) in [5.41, 5.74) is 10.4. The predicted octanol–water partition coefficient (Wildman–Crippen LogP) is 4.69. The summed E-state index contributed by atoms with van der Waals surface area (Å²) in [5.74, 6) is -0.572. The van der Waals surface area contributed by atoms with Crippen molar-refractivity contribution < 1.29 is 28.7 Å². The molecular weight excluding hydrogens is 861 g/mol. The van der Waals surface area contributed by atoms with Gasteiger partial charge in [-0.1, -0.05) is 36.2 Å². The molecule has 2 aromatic heterocycles. The Morgan fingerprint density at radius 1 is 0.879 bits per heavy atom. The minimum Gasteiger partial charge on any atom is -0.457 e. The summed E-state index contributed by atoms with van der Waals surface area (Å²) in [6, 6.07) is 20.0. The number of aromatic nitrogens is 2. The molecule has 8 N–H and O–H groups in total. The smallest absolute Gasteiger partial charge is 0.274 e. The lowest BCUT2D eigenvalue weighted by atomic mass is 9.98. The van der Waals surface area contributed by atoms with E-state index < -0.39 is 11.9 Å². The molecular formula is C48H54N10O7S. The number of nitrogens with zero attached hydrogens (tertiary/aromatic N) is 3. The highest BCUT2D eigenvalue weighted by Gasteiger charge is 2.40. The van der Waals surface area contributed by atoms with Gasteiger partial charge in [-0.15, -0.1) is 0 Å². The highest BCUT2D eigenvalue weighted by atomic mass is 32.2. The largest absolute Gasteiger partial charge is 0.457 e. The monoisotopic (exact) mass is 914 g/mol. The van der Waals surface area contributed by atoms with E-state index in [0.29, 0.717) is 63.8 Å². The third-order valence-corrected chi connectivity index (χ3v) is 13.6. The SMILES string of the molecule is CSNc1cc(-c2cn(C)c(=O)c3[nH]c(C(=O)NCCN)cc23)c(Oc2ccccc2)cc1C(=O)NC1CCC(N2CCC(Nc3cccc4c3CN(C3CCC(=O)NC3=O)C4=O)CC2)C1. The van der Waals surface area contributed by atoms with E-state index in [4.69, 9.17) is 10.5 Å². The fraction of sp³-hybridized carbons (Fsp3) is 0.375. The third kappa shape index (κ3) is 8.99. The Balaban J connectivity index is 0.888. The second-order valence-corrected chi connectivity index (χ2v) is 18.0. The van der Waals surface area contributed by atoms with Gasteiger partial charge in [-0.05, 0) is 81.0 Å². The van der Waals surface area contributed by atoms with Crippen LogP contribution in [0.4, 0.5) is 11.4 Å². The van der Waals surface area contributed by atoms with Gasteiger partial charge in [-0.25, -0.2) is 0 Å². The molecule has 66 heavy (non-hydrogen) atoms. The summed E-state index contributed by atoms with van der Waals surface area (Å²) in [4.78, 5) is 85.6. The summed E-state index contributed by atoms with van der Waals surface area (Å²) in [6.07, 6.45) is 8.56. The molecule has 5 aromatic rings. The Morgan fingerprint density at radius 3 is 2.44 bits per heavy atom. The number of amides is 5. The van der Waals surface area contributed by atoms with Gasteiger partial charge in [0.1, 0.15) is 28.8 Å². The van der Waals surface area contributed by atoms with Crippen LogP contribution in [0.15, 0.2) is 77.7 Å². The van der Waals surface area contributed by atoms with Crippen molar-refractivity contribution in [3.63, 3.8) is 0 Å². The number of aromatic amines is 1. The Morgan fingerprint density at radius 2 is 1.68 bits per heavy atom. The molecule has 3 atom stereocenters. The van der Waals surface area contributed by atoms with Gasteiger partial charge < -0.3 is 50.5 Å². The van der Waals surface area contributed by atoms with Crippen LogP contribution in [0.25, 0.3) is 22.0 Å². The van der Waals surface area contributed by atoms with Gasteiger partial charge in [-0.3, -0.25) is 34.1 Å². The zero-order chi connectivity index (χ0) is 46.1. The van der Waals surface area contributed by atoms with Crippen molar-refractivity contribution in [1.29, 1.82) is 0 Å². The number of piperidine rings is 2. The van der Waals surface area contributed by atoms with E-state index in [9.17, 15) is 28.8 Å². The minimum atomic E-state index is -0.659. The maximum Gasteiger partial charge on any atom is 0.274 e. The highest BCUT2D eigenvalue weighted by Crippen LogP contribution is 2.41. The number of hydrogen-bond donors (Lipinski definition) is 7. The van der Waals surface area contributed by atoms with E-state index >= 15 is 0 Å². The quantitative estimate of drug-likeness (QED) is 0.0596. The van der Waals surface area contributed by atoms with Gasteiger partial charge >= 0.3 is 0 Å². The number of anilines is 2. The van der Waals surface area contributed by atoms with Gasteiger partial charge in [0, 0.05) is 110 Å². The molecule has 3 aliphatic heterocycles. The van der Waals surface area contributed by atoms with Gasteiger partial charge in [0.05, 0.1) is 11.3 Å². The van der Waals surface area contributed by atoms with E-state index in [1.54, 1.807) is 36.3 Å². The number of fused-ring (bicyclic) bond motifs is 2. The number of imide groups is 1. The minimum absolute atomic E-state index is 0.0395. The summed E-state index contributed by atoms with van der Waals surface area (Å²) < 4.78 is 11.3. The molecule has 4 aliphatic rings. The van der Waals surface area contributed by atoms with E-state index in [2.05, 4.69) is 35.9 Å². The molecule has 2 saturated heterocycles. The van der Waals surface area contributed by atoms with E-state index in [-0.39, 0.29) is 72.0 Å². The summed E-state index contributed by atoms with van der Waals surface area (Å²) in [5, 5.41) is 12.7. The number of pyridine rings is 1. The molecule has 3 aromatic carbocycles. The van der Waals surface area contributed by atoms with Crippen molar-refractivity contribution in [1.82, 2.24) is 35.3 Å². The number of carbonyl (C=O) groups is 5. The molecule has 9 rings (SSSR count). The Labute approximate surface area is 385 Å². The highest BCUT2D eigenvalue weighted by molar-refractivity contribution is 7.99. The molecule has 0 radical (unpaired) electrons. The van der Waals surface area contributed by atoms with Crippen LogP contribution in [0.1, 0.15) is 81.7 Å². The number of nitrogens with one attached hydrogen (secondary N) is 6. The number of aryl methyl sites for hydroxylation is 1. The lowest BCUT2D eigenvalue weighted by molar-refractivity contribution is -0.136. The van der Waals surface area contributed by atoms with E-state index in [1.807, 2.05) is 54.8 Å². The Kier molecular flexibility index (Phi) is 12.9. The predicted molar refractivity (Wildman–Crippen MR) is 254 cm³/mol. The summed E-state index contributed by atoms with van der Waals surface area (Å²) in [6.45, 7) is 2.65. The molecule has 3 unspecified atom stereocenters. The topological polar surface area (TPSA) is 225 Å². The van der Waals surface area contributed by atoms with Crippen molar-refractivity contribution in [2.75, 3.05) is 42.5 Å². The van der Waals surface area contributed by atoms with Crippen molar-refractivity contribution in [3.8, 4) is 22.6 Å².